The summed E-state index contributed by atoms with van der Waals surface area (Å²) < 4.78 is 0. The summed E-state index contributed by atoms with van der Waals surface area (Å²) in [6.07, 6.45) is 0. The summed E-state index contributed by atoms with van der Waals surface area (Å²) in [5, 5.41) is 8.60. The minimum atomic E-state index is 1.05. The molecule has 0 aliphatic heterocycles. The van der Waals surface area contributed by atoms with Gasteiger partial charge >= 0.3 is 0 Å². The molecule has 8 aromatic rings. The van der Waals surface area contributed by atoms with E-state index in [2.05, 4.69) is 143 Å². The summed E-state index contributed by atoms with van der Waals surface area (Å²) in [5.41, 5.74) is 11.4. The molecule has 3 N–H and O–H groups in total. The van der Waals surface area contributed by atoms with Gasteiger partial charge in [-0.25, -0.2) is 0 Å². The Labute approximate surface area is 225 Å². The molecule has 0 radical (unpaired) electrons. The Morgan fingerprint density at radius 3 is 1.79 bits per heavy atom. The van der Waals surface area contributed by atoms with Gasteiger partial charge in [0.2, 0.25) is 0 Å². The molecule has 0 aliphatic carbocycles. The molecule has 3 nitrogen and oxygen atoms in total. The van der Waals surface area contributed by atoms with Crippen molar-refractivity contribution in [2.45, 2.75) is 0 Å². The molecular formula is C36H25N3. The van der Waals surface area contributed by atoms with Gasteiger partial charge in [0.05, 0.1) is 16.7 Å². The van der Waals surface area contributed by atoms with E-state index in [1.54, 1.807) is 0 Å². The predicted octanol–water partition coefficient (Wildman–Crippen LogP) is 10.0. The van der Waals surface area contributed by atoms with Crippen LogP contribution in [0, 0.1) is 0 Å². The van der Waals surface area contributed by atoms with Gasteiger partial charge in [-0.3, -0.25) is 0 Å². The van der Waals surface area contributed by atoms with Crippen LogP contribution in [0.2, 0.25) is 0 Å². The maximum absolute atomic E-state index is 3.78. The van der Waals surface area contributed by atoms with Crippen molar-refractivity contribution in [2.24, 2.45) is 0 Å². The second-order valence-corrected chi connectivity index (χ2v) is 10.1. The highest BCUT2D eigenvalue weighted by molar-refractivity contribution is 6.18. The number of aromatic amines is 2. The van der Waals surface area contributed by atoms with Crippen molar-refractivity contribution in [3.63, 3.8) is 0 Å². The number of hydrogen-bond donors (Lipinski definition) is 3. The SMILES string of the molecule is c1ccc(Nc2cc(-c3c(-c4ccccc4)ccc4c3[nH]c3ccccc34)cc3c2[nH]c2ccccc23)cc1. The van der Waals surface area contributed by atoms with Gasteiger partial charge < -0.3 is 15.3 Å². The van der Waals surface area contributed by atoms with Crippen LogP contribution in [0.15, 0.2) is 133 Å². The molecule has 0 saturated heterocycles. The number of fused-ring (bicyclic) bond motifs is 6. The van der Waals surface area contributed by atoms with Crippen molar-refractivity contribution in [3.05, 3.63) is 133 Å². The lowest BCUT2D eigenvalue weighted by molar-refractivity contribution is 1.50. The van der Waals surface area contributed by atoms with E-state index in [9.17, 15) is 0 Å². The Hall–Kier alpha value is -5.28. The maximum Gasteiger partial charge on any atom is 0.0704 e. The van der Waals surface area contributed by atoms with Crippen molar-refractivity contribution in [1.82, 2.24) is 9.97 Å². The molecule has 0 aliphatic rings. The second-order valence-electron chi connectivity index (χ2n) is 10.1. The number of aromatic nitrogens is 2. The highest BCUT2D eigenvalue weighted by Gasteiger charge is 2.19. The molecule has 0 fully saturated rings. The molecule has 2 aromatic heterocycles. The largest absolute Gasteiger partial charge is 0.354 e. The molecule has 184 valence electrons. The lowest BCUT2D eigenvalue weighted by Gasteiger charge is -2.15. The second kappa shape index (κ2) is 8.64. The van der Waals surface area contributed by atoms with E-state index in [-0.39, 0.29) is 0 Å². The summed E-state index contributed by atoms with van der Waals surface area (Å²) in [6.45, 7) is 0. The van der Waals surface area contributed by atoms with Gasteiger partial charge in [0.25, 0.3) is 0 Å². The minimum Gasteiger partial charge on any atom is -0.354 e. The van der Waals surface area contributed by atoms with Crippen molar-refractivity contribution in [2.75, 3.05) is 5.32 Å². The van der Waals surface area contributed by atoms with E-state index in [4.69, 9.17) is 0 Å². The van der Waals surface area contributed by atoms with E-state index in [0.717, 1.165) is 33.4 Å². The van der Waals surface area contributed by atoms with E-state index in [1.165, 1.54) is 43.8 Å². The van der Waals surface area contributed by atoms with Crippen LogP contribution in [-0.2, 0) is 0 Å². The average molecular weight is 500 g/mol. The zero-order valence-electron chi connectivity index (χ0n) is 21.2. The molecule has 0 bridgehead atoms. The quantitative estimate of drug-likeness (QED) is 0.222. The fraction of sp³-hybridized carbons (Fsp3) is 0. The van der Waals surface area contributed by atoms with Crippen molar-refractivity contribution in [1.29, 1.82) is 0 Å². The topological polar surface area (TPSA) is 43.6 Å². The summed E-state index contributed by atoms with van der Waals surface area (Å²) in [4.78, 5) is 7.46. The molecule has 8 rings (SSSR count). The fourth-order valence-corrected chi connectivity index (χ4v) is 5.95. The third kappa shape index (κ3) is 3.52. The summed E-state index contributed by atoms with van der Waals surface area (Å²) in [7, 11) is 0. The first-order valence-electron chi connectivity index (χ1n) is 13.3. The van der Waals surface area contributed by atoms with Crippen LogP contribution in [0.1, 0.15) is 0 Å². The van der Waals surface area contributed by atoms with Crippen LogP contribution in [0.3, 0.4) is 0 Å². The monoisotopic (exact) mass is 499 g/mol. The molecule has 2 heterocycles. The zero-order chi connectivity index (χ0) is 25.8. The van der Waals surface area contributed by atoms with Gasteiger partial charge in [-0.1, -0.05) is 97.1 Å². The predicted molar refractivity (Wildman–Crippen MR) is 166 cm³/mol. The number of nitrogens with one attached hydrogen (secondary N) is 3. The maximum atomic E-state index is 3.78. The molecule has 39 heavy (non-hydrogen) atoms. The first-order chi connectivity index (χ1) is 19.3. The number of rotatable bonds is 4. The first-order valence-corrected chi connectivity index (χ1v) is 13.3. The van der Waals surface area contributed by atoms with Crippen LogP contribution in [-0.4, -0.2) is 9.97 Å². The Balaban J connectivity index is 1.49. The van der Waals surface area contributed by atoms with Gasteiger partial charge in [0.1, 0.15) is 0 Å². The summed E-state index contributed by atoms with van der Waals surface area (Å²) >= 11 is 0. The van der Waals surface area contributed by atoms with Crippen LogP contribution in [0.5, 0.6) is 0 Å². The van der Waals surface area contributed by atoms with Crippen LogP contribution in [0.4, 0.5) is 11.4 Å². The van der Waals surface area contributed by atoms with Gasteiger partial charge in [-0.15, -0.1) is 0 Å². The van der Waals surface area contributed by atoms with E-state index < -0.39 is 0 Å². The smallest absolute Gasteiger partial charge is 0.0704 e. The number of hydrogen-bond acceptors (Lipinski definition) is 1. The molecule has 0 spiro atoms. The lowest BCUT2D eigenvalue weighted by atomic mass is 9.91. The van der Waals surface area contributed by atoms with E-state index in [1.807, 2.05) is 6.07 Å². The van der Waals surface area contributed by atoms with Crippen molar-refractivity contribution in [3.8, 4) is 22.3 Å². The summed E-state index contributed by atoms with van der Waals surface area (Å²) in [5.74, 6) is 0. The van der Waals surface area contributed by atoms with Crippen LogP contribution >= 0.6 is 0 Å². The molecule has 0 saturated carbocycles. The van der Waals surface area contributed by atoms with Crippen molar-refractivity contribution >= 4 is 55.0 Å². The zero-order valence-corrected chi connectivity index (χ0v) is 21.2. The number of H-pyrrole nitrogens is 2. The van der Waals surface area contributed by atoms with Gasteiger partial charge in [-0.2, -0.15) is 0 Å². The highest BCUT2D eigenvalue weighted by atomic mass is 14.9. The third-order valence-corrected chi connectivity index (χ3v) is 7.72. The molecular weight excluding hydrogens is 474 g/mol. The Kier molecular flexibility index (Phi) is 4.82. The molecule has 0 atom stereocenters. The Morgan fingerprint density at radius 1 is 0.436 bits per heavy atom. The van der Waals surface area contributed by atoms with Crippen molar-refractivity contribution < 1.29 is 0 Å². The number of para-hydroxylation sites is 3. The number of anilines is 2. The third-order valence-electron chi connectivity index (χ3n) is 7.72. The standard InChI is InChI=1S/C36H25N3/c1-3-11-23(12-4-1)26-19-20-29-27-15-7-9-17-31(27)39-36(29)34(26)24-21-30-28-16-8-10-18-32(28)38-35(30)33(22-24)37-25-13-5-2-6-14-25/h1-22,37-39H. The fourth-order valence-electron chi connectivity index (χ4n) is 5.95. The molecule has 0 unspecified atom stereocenters. The van der Waals surface area contributed by atoms with E-state index >= 15 is 0 Å². The average Bonchev–Trinajstić information content (AvgIpc) is 3.56. The molecule has 6 aromatic carbocycles. The Morgan fingerprint density at radius 2 is 1.05 bits per heavy atom. The first kappa shape index (κ1) is 21.8. The van der Waals surface area contributed by atoms with Crippen LogP contribution in [0.25, 0.3) is 65.9 Å². The minimum absolute atomic E-state index is 1.05. The summed E-state index contributed by atoms with van der Waals surface area (Å²) in [6, 6.07) is 47.3. The van der Waals surface area contributed by atoms with Gasteiger partial charge in [0, 0.05) is 43.8 Å². The molecule has 0 amide bonds. The lowest BCUT2D eigenvalue weighted by Crippen LogP contribution is -1.94. The normalized spacial score (nSPS) is 11.6. The number of benzene rings is 6. The van der Waals surface area contributed by atoms with Crippen LogP contribution < -0.4 is 5.32 Å². The molecule has 3 heteroatoms. The van der Waals surface area contributed by atoms with Gasteiger partial charge in [-0.05, 0) is 53.1 Å². The van der Waals surface area contributed by atoms with Gasteiger partial charge in [0.15, 0.2) is 0 Å². The van der Waals surface area contributed by atoms with E-state index in [0.29, 0.717) is 0 Å². The Bertz CT molecular complexity index is 2130. The highest BCUT2D eigenvalue weighted by Crippen LogP contribution is 2.44.